The van der Waals surface area contributed by atoms with Crippen LogP contribution in [0.3, 0.4) is 0 Å². The van der Waals surface area contributed by atoms with Crippen molar-refractivity contribution in [2.75, 3.05) is 11.0 Å². The van der Waals surface area contributed by atoms with Crippen molar-refractivity contribution in [2.45, 2.75) is 37.4 Å². The Morgan fingerprint density at radius 3 is 2.77 bits per heavy atom. The summed E-state index contributed by atoms with van der Waals surface area (Å²) in [6, 6.07) is 12.1. The van der Waals surface area contributed by atoms with Crippen molar-refractivity contribution in [1.29, 1.82) is 0 Å². The summed E-state index contributed by atoms with van der Waals surface area (Å²) in [6.07, 6.45) is 4.47. The lowest BCUT2D eigenvalue weighted by atomic mass is 9.95. The van der Waals surface area contributed by atoms with Crippen LogP contribution in [0.4, 0.5) is 5.69 Å². The number of rotatable bonds is 5. The fourth-order valence-corrected chi connectivity index (χ4v) is 5.25. The fourth-order valence-electron chi connectivity index (χ4n) is 3.79. The van der Waals surface area contributed by atoms with E-state index in [-0.39, 0.29) is 11.9 Å². The van der Waals surface area contributed by atoms with Crippen molar-refractivity contribution in [3.8, 4) is 10.4 Å². The van der Waals surface area contributed by atoms with E-state index in [2.05, 4.69) is 15.4 Å². The first kappa shape index (κ1) is 17.5. The molecular formula is C18H21N3O3S2. The highest BCUT2D eigenvalue weighted by Gasteiger charge is 2.39. The van der Waals surface area contributed by atoms with Crippen LogP contribution in [0.25, 0.3) is 10.4 Å². The van der Waals surface area contributed by atoms with E-state index in [4.69, 9.17) is 0 Å². The number of hydrogen-bond acceptors (Lipinski definition) is 5. The zero-order valence-electron chi connectivity index (χ0n) is 14.4. The molecule has 138 valence electrons. The van der Waals surface area contributed by atoms with Crippen LogP contribution < -0.4 is 15.4 Å². The van der Waals surface area contributed by atoms with Gasteiger partial charge >= 0.3 is 0 Å². The van der Waals surface area contributed by atoms with Gasteiger partial charge in [-0.3, -0.25) is 9.52 Å². The third kappa shape index (κ3) is 3.77. The lowest BCUT2D eigenvalue weighted by Crippen LogP contribution is -2.42. The fraction of sp³-hybridized carbons (Fsp3) is 0.389. The number of hydrogen-bond donors (Lipinski definition) is 3. The predicted octanol–water partition coefficient (Wildman–Crippen LogP) is 2.41. The van der Waals surface area contributed by atoms with E-state index in [1.807, 2.05) is 18.2 Å². The van der Waals surface area contributed by atoms with Crippen LogP contribution in [-0.4, -0.2) is 38.7 Å². The summed E-state index contributed by atoms with van der Waals surface area (Å²) in [7, 11) is -3.32. The van der Waals surface area contributed by atoms with Crippen LogP contribution in [-0.2, 0) is 10.0 Å². The van der Waals surface area contributed by atoms with Gasteiger partial charge in [-0.15, -0.1) is 11.3 Å². The lowest BCUT2D eigenvalue weighted by Gasteiger charge is -2.20. The van der Waals surface area contributed by atoms with E-state index >= 15 is 0 Å². The largest absolute Gasteiger partial charge is 0.347 e. The first-order valence-corrected chi connectivity index (χ1v) is 11.3. The molecule has 6 nitrogen and oxygen atoms in total. The van der Waals surface area contributed by atoms with Gasteiger partial charge in [0.25, 0.3) is 5.91 Å². The smallest absolute Gasteiger partial charge is 0.261 e. The van der Waals surface area contributed by atoms with Crippen molar-refractivity contribution < 1.29 is 13.2 Å². The van der Waals surface area contributed by atoms with Gasteiger partial charge in [-0.25, -0.2) is 8.42 Å². The van der Waals surface area contributed by atoms with Gasteiger partial charge in [0.2, 0.25) is 10.0 Å². The van der Waals surface area contributed by atoms with Crippen LogP contribution in [0.15, 0.2) is 36.4 Å². The van der Waals surface area contributed by atoms with Crippen LogP contribution >= 0.6 is 11.3 Å². The average Bonchev–Trinajstić information content (AvgIpc) is 3.30. The molecule has 26 heavy (non-hydrogen) atoms. The second-order valence-corrected chi connectivity index (χ2v) is 9.81. The zero-order chi connectivity index (χ0) is 18.3. The summed E-state index contributed by atoms with van der Waals surface area (Å²) in [5.74, 6) is -0.0361. The third-order valence-electron chi connectivity index (χ3n) is 4.90. The molecule has 4 rings (SSSR count). The predicted molar refractivity (Wildman–Crippen MR) is 104 cm³/mol. The molecule has 0 aliphatic carbocycles. The van der Waals surface area contributed by atoms with E-state index in [1.165, 1.54) is 17.8 Å². The Balaban J connectivity index is 1.47. The molecule has 3 atom stereocenters. The highest BCUT2D eigenvalue weighted by molar-refractivity contribution is 7.92. The van der Waals surface area contributed by atoms with Gasteiger partial charge in [0, 0.05) is 28.7 Å². The number of thiophene rings is 1. The molecule has 2 aliphatic heterocycles. The first-order valence-electron chi connectivity index (χ1n) is 8.62. The summed E-state index contributed by atoms with van der Waals surface area (Å²) in [5, 5.41) is 6.67. The maximum Gasteiger partial charge on any atom is 0.261 e. The SMILES string of the molecule is CS(=O)(=O)Nc1cccc(-c2ccc(C(=O)N[C@@H]3C[C@H]4CC[C@@H]3N4)s2)c1. The van der Waals surface area contributed by atoms with Crippen molar-refractivity contribution in [1.82, 2.24) is 10.6 Å². The molecule has 1 aromatic carbocycles. The maximum atomic E-state index is 12.6. The first-order chi connectivity index (χ1) is 12.4. The molecule has 8 heteroatoms. The molecule has 1 amide bonds. The molecule has 0 unspecified atom stereocenters. The van der Waals surface area contributed by atoms with Gasteiger partial charge < -0.3 is 10.6 Å². The number of carbonyl (C=O) groups is 1. The summed E-state index contributed by atoms with van der Waals surface area (Å²) in [5.41, 5.74) is 1.39. The van der Waals surface area contributed by atoms with Crippen molar-refractivity contribution in [2.24, 2.45) is 0 Å². The Labute approximate surface area is 157 Å². The third-order valence-corrected chi connectivity index (χ3v) is 6.64. The number of nitrogens with one attached hydrogen (secondary N) is 3. The second-order valence-electron chi connectivity index (χ2n) is 6.98. The molecule has 0 saturated carbocycles. The summed E-state index contributed by atoms with van der Waals surface area (Å²) >= 11 is 1.41. The highest BCUT2D eigenvalue weighted by Crippen LogP contribution is 2.31. The van der Waals surface area contributed by atoms with Crippen molar-refractivity contribution in [3.63, 3.8) is 0 Å². The summed E-state index contributed by atoms with van der Waals surface area (Å²) in [6.45, 7) is 0. The summed E-state index contributed by atoms with van der Waals surface area (Å²) in [4.78, 5) is 14.2. The van der Waals surface area contributed by atoms with E-state index in [1.54, 1.807) is 18.2 Å². The topological polar surface area (TPSA) is 87.3 Å². The number of sulfonamides is 1. The number of amides is 1. The Bertz CT molecular complexity index is 939. The minimum atomic E-state index is -3.32. The van der Waals surface area contributed by atoms with Crippen LogP contribution in [0, 0.1) is 0 Å². The molecule has 2 saturated heterocycles. The molecule has 3 N–H and O–H groups in total. The van der Waals surface area contributed by atoms with Gasteiger partial charge in [-0.2, -0.15) is 0 Å². The van der Waals surface area contributed by atoms with Crippen molar-refractivity contribution in [3.05, 3.63) is 41.3 Å². The van der Waals surface area contributed by atoms with Crippen LogP contribution in [0.2, 0.25) is 0 Å². The van der Waals surface area contributed by atoms with Gasteiger partial charge in [0.1, 0.15) is 0 Å². The molecule has 2 fully saturated rings. The lowest BCUT2D eigenvalue weighted by molar-refractivity contribution is 0.0935. The Morgan fingerprint density at radius 1 is 1.23 bits per heavy atom. The van der Waals surface area contributed by atoms with E-state index in [9.17, 15) is 13.2 Å². The summed E-state index contributed by atoms with van der Waals surface area (Å²) < 4.78 is 25.3. The Morgan fingerprint density at radius 2 is 2.08 bits per heavy atom. The second kappa shape index (κ2) is 6.68. The minimum absolute atomic E-state index is 0.0361. The molecule has 1 aromatic heterocycles. The molecule has 0 spiro atoms. The Hall–Kier alpha value is -1.90. The number of benzene rings is 1. The molecule has 2 aromatic rings. The van der Waals surface area contributed by atoms with Gasteiger partial charge in [0.05, 0.1) is 11.1 Å². The molecule has 2 aliphatic rings. The number of fused-ring (bicyclic) bond motifs is 2. The molecule has 0 radical (unpaired) electrons. The van der Waals surface area contributed by atoms with E-state index in [0.29, 0.717) is 22.6 Å². The zero-order valence-corrected chi connectivity index (χ0v) is 16.0. The normalized spacial score (nSPS) is 24.6. The Kier molecular flexibility index (Phi) is 4.50. The van der Waals surface area contributed by atoms with Gasteiger partial charge in [-0.1, -0.05) is 12.1 Å². The monoisotopic (exact) mass is 391 g/mol. The number of carbonyl (C=O) groups excluding carboxylic acids is 1. The highest BCUT2D eigenvalue weighted by atomic mass is 32.2. The van der Waals surface area contributed by atoms with Crippen LogP contribution in [0.1, 0.15) is 28.9 Å². The standard InChI is InChI=1S/C18H21N3O3S2/c1-26(23,24)21-13-4-2-3-11(9-13)16-7-8-17(25-16)18(22)20-15-10-12-5-6-14(15)19-12/h2-4,7-9,12,14-15,19,21H,5-6,10H2,1H3,(H,20,22)/t12-,14+,15-/m1/s1. The van der Waals surface area contributed by atoms with Gasteiger partial charge in [0.15, 0.2) is 0 Å². The minimum Gasteiger partial charge on any atom is -0.347 e. The number of anilines is 1. The van der Waals surface area contributed by atoms with E-state index in [0.717, 1.165) is 29.5 Å². The van der Waals surface area contributed by atoms with Crippen LogP contribution in [0.5, 0.6) is 0 Å². The van der Waals surface area contributed by atoms with Gasteiger partial charge in [-0.05, 0) is 49.1 Å². The molecule has 2 bridgehead atoms. The van der Waals surface area contributed by atoms with E-state index < -0.39 is 10.0 Å². The maximum absolute atomic E-state index is 12.6. The molecule has 3 heterocycles. The molecular weight excluding hydrogens is 370 g/mol. The van der Waals surface area contributed by atoms with Crippen molar-refractivity contribution >= 4 is 33.0 Å². The average molecular weight is 392 g/mol. The quantitative estimate of drug-likeness (QED) is 0.730.